The second-order valence-corrected chi connectivity index (χ2v) is 4.36. The lowest BCUT2D eigenvalue weighted by Gasteiger charge is -2.16. The Bertz CT molecular complexity index is 301. The van der Waals surface area contributed by atoms with Crippen molar-refractivity contribution in [1.29, 1.82) is 0 Å². The van der Waals surface area contributed by atoms with Crippen LogP contribution in [0.4, 0.5) is 0 Å². The first-order chi connectivity index (χ1) is 7.29. The fourth-order valence-corrected chi connectivity index (χ4v) is 2.18. The molecule has 1 unspecified atom stereocenters. The molecule has 0 amide bonds. The average Bonchev–Trinajstić information content (AvgIpc) is 2.86. The molecule has 15 heavy (non-hydrogen) atoms. The first-order valence-corrected chi connectivity index (χ1v) is 5.96. The largest absolute Gasteiger partial charge is 0.305 e. The summed E-state index contributed by atoms with van der Waals surface area (Å²) in [5.74, 6) is 1.88. The van der Waals surface area contributed by atoms with Crippen molar-refractivity contribution in [2.45, 2.75) is 58.0 Å². The van der Waals surface area contributed by atoms with Gasteiger partial charge >= 0.3 is 0 Å². The van der Waals surface area contributed by atoms with Gasteiger partial charge in [-0.1, -0.05) is 19.8 Å². The zero-order valence-corrected chi connectivity index (χ0v) is 9.58. The fourth-order valence-electron chi connectivity index (χ4n) is 2.18. The van der Waals surface area contributed by atoms with Gasteiger partial charge in [-0.2, -0.15) is 5.10 Å². The second kappa shape index (κ2) is 4.75. The van der Waals surface area contributed by atoms with Crippen LogP contribution in [0, 0.1) is 0 Å². The molecule has 0 radical (unpaired) electrons. The number of hydrogen-bond donors (Lipinski definition) is 2. The molecule has 0 spiro atoms. The average molecular weight is 208 g/mol. The highest BCUT2D eigenvalue weighted by atomic mass is 15.2. The van der Waals surface area contributed by atoms with Crippen LogP contribution in [0.1, 0.15) is 57.2 Å². The summed E-state index contributed by atoms with van der Waals surface area (Å²) in [5.41, 5.74) is 0. The van der Waals surface area contributed by atoms with Crippen molar-refractivity contribution in [2.24, 2.45) is 0 Å². The summed E-state index contributed by atoms with van der Waals surface area (Å²) in [6, 6.07) is 0.938. The van der Waals surface area contributed by atoms with Gasteiger partial charge < -0.3 is 5.32 Å². The molecular weight excluding hydrogens is 188 g/mol. The number of rotatable bonds is 4. The molecule has 0 aliphatic heterocycles. The Morgan fingerprint density at radius 1 is 1.47 bits per heavy atom. The summed E-state index contributed by atoms with van der Waals surface area (Å²) in [4.78, 5) is 4.44. The SMILES string of the molecule is CCc1nc(C(C)NC2CCCC2)n[nH]1. The van der Waals surface area contributed by atoms with E-state index in [1.54, 1.807) is 0 Å². The van der Waals surface area contributed by atoms with Crippen LogP contribution >= 0.6 is 0 Å². The molecule has 1 aliphatic rings. The number of aryl methyl sites for hydroxylation is 1. The van der Waals surface area contributed by atoms with Crippen molar-refractivity contribution >= 4 is 0 Å². The van der Waals surface area contributed by atoms with Gasteiger partial charge in [0, 0.05) is 12.5 Å². The van der Waals surface area contributed by atoms with Crippen LogP contribution in [0.5, 0.6) is 0 Å². The van der Waals surface area contributed by atoms with Crippen LogP contribution < -0.4 is 5.32 Å². The van der Waals surface area contributed by atoms with Gasteiger partial charge in [-0.25, -0.2) is 4.98 Å². The summed E-state index contributed by atoms with van der Waals surface area (Å²) < 4.78 is 0. The predicted octanol–water partition coefficient (Wildman–Crippen LogP) is 1.96. The van der Waals surface area contributed by atoms with Crippen molar-refractivity contribution in [3.63, 3.8) is 0 Å². The van der Waals surface area contributed by atoms with Gasteiger partial charge in [0.2, 0.25) is 0 Å². The van der Waals surface area contributed by atoms with E-state index < -0.39 is 0 Å². The van der Waals surface area contributed by atoms with Crippen LogP contribution in [0.3, 0.4) is 0 Å². The number of hydrogen-bond acceptors (Lipinski definition) is 3. The monoisotopic (exact) mass is 208 g/mol. The standard InChI is InChI=1S/C11H20N4/c1-3-10-13-11(15-14-10)8(2)12-9-6-4-5-7-9/h8-9,12H,3-7H2,1-2H3,(H,13,14,15). The van der Waals surface area contributed by atoms with E-state index in [1.165, 1.54) is 25.7 Å². The van der Waals surface area contributed by atoms with Crippen LogP contribution in [0.25, 0.3) is 0 Å². The van der Waals surface area contributed by atoms with Crippen molar-refractivity contribution in [1.82, 2.24) is 20.5 Å². The Hall–Kier alpha value is -0.900. The van der Waals surface area contributed by atoms with E-state index in [2.05, 4.69) is 34.3 Å². The Morgan fingerprint density at radius 3 is 2.80 bits per heavy atom. The van der Waals surface area contributed by atoms with Crippen molar-refractivity contribution in [2.75, 3.05) is 0 Å². The summed E-state index contributed by atoms with van der Waals surface area (Å²) in [6.45, 7) is 4.22. The molecule has 84 valence electrons. The van der Waals surface area contributed by atoms with E-state index in [0.29, 0.717) is 6.04 Å². The van der Waals surface area contributed by atoms with Crippen molar-refractivity contribution in [3.05, 3.63) is 11.6 Å². The van der Waals surface area contributed by atoms with Gasteiger partial charge in [0.1, 0.15) is 5.82 Å². The Balaban J connectivity index is 1.91. The fraction of sp³-hybridized carbons (Fsp3) is 0.818. The lowest BCUT2D eigenvalue weighted by molar-refractivity contribution is 0.448. The number of aromatic amines is 1. The first-order valence-electron chi connectivity index (χ1n) is 5.96. The highest BCUT2D eigenvalue weighted by Crippen LogP contribution is 2.20. The minimum Gasteiger partial charge on any atom is -0.305 e. The van der Waals surface area contributed by atoms with E-state index >= 15 is 0 Å². The van der Waals surface area contributed by atoms with Gasteiger partial charge in [-0.05, 0) is 19.8 Å². The third-order valence-electron chi connectivity index (χ3n) is 3.11. The number of nitrogens with one attached hydrogen (secondary N) is 2. The van der Waals surface area contributed by atoms with Gasteiger partial charge in [0.25, 0.3) is 0 Å². The number of H-pyrrole nitrogens is 1. The second-order valence-electron chi connectivity index (χ2n) is 4.36. The van der Waals surface area contributed by atoms with E-state index in [9.17, 15) is 0 Å². The van der Waals surface area contributed by atoms with Crippen LogP contribution in [-0.2, 0) is 6.42 Å². The summed E-state index contributed by atoms with van der Waals surface area (Å²) in [6.07, 6.45) is 6.24. The lowest BCUT2D eigenvalue weighted by atomic mass is 10.2. The number of nitrogens with zero attached hydrogens (tertiary/aromatic N) is 2. The normalized spacial score (nSPS) is 19.6. The van der Waals surface area contributed by atoms with Gasteiger partial charge in [-0.15, -0.1) is 0 Å². The topological polar surface area (TPSA) is 53.6 Å². The zero-order chi connectivity index (χ0) is 10.7. The maximum Gasteiger partial charge on any atom is 0.167 e. The molecule has 0 bridgehead atoms. The molecule has 2 N–H and O–H groups in total. The van der Waals surface area contributed by atoms with E-state index in [0.717, 1.165) is 18.1 Å². The minimum absolute atomic E-state index is 0.268. The zero-order valence-electron chi connectivity index (χ0n) is 9.58. The van der Waals surface area contributed by atoms with Gasteiger partial charge in [0.15, 0.2) is 5.82 Å². The van der Waals surface area contributed by atoms with E-state index in [1.807, 2.05) is 0 Å². The quantitative estimate of drug-likeness (QED) is 0.795. The molecule has 1 atom stereocenters. The highest BCUT2D eigenvalue weighted by Gasteiger charge is 2.19. The number of aromatic nitrogens is 3. The van der Waals surface area contributed by atoms with Gasteiger partial charge in [-0.3, -0.25) is 5.10 Å². The van der Waals surface area contributed by atoms with E-state index in [4.69, 9.17) is 0 Å². The van der Waals surface area contributed by atoms with Crippen molar-refractivity contribution < 1.29 is 0 Å². The van der Waals surface area contributed by atoms with Crippen LogP contribution in [0.15, 0.2) is 0 Å². The predicted molar refractivity (Wildman–Crippen MR) is 59.6 cm³/mol. The highest BCUT2D eigenvalue weighted by molar-refractivity contribution is 4.96. The molecule has 1 heterocycles. The van der Waals surface area contributed by atoms with Crippen LogP contribution in [-0.4, -0.2) is 21.2 Å². The molecule has 0 saturated heterocycles. The van der Waals surface area contributed by atoms with E-state index in [-0.39, 0.29) is 6.04 Å². The van der Waals surface area contributed by atoms with Crippen LogP contribution in [0.2, 0.25) is 0 Å². The smallest absolute Gasteiger partial charge is 0.167 e. The molecular formula is C11H20N4. The Labute approximate surface area is 90.9 Å². The Kier molecular flexibility index (Phi) is 3.36. The summed E-state index contributed by atoms with van der Waals surface area (Å²) in [5, 5.41) is 10.8. The molecule has 0 aromatic carbocycles. The third kappa shape index (κ3) is 2.56. The molecule has 1 aromatic heterocycles. The minimum atomic E-state index is 0.268. The summed E-state index contributed by atoms with van der Waals surface area (Å²) >= 11 is 0. The lowest BCUT2D eigenvalue weighted by Crippen LogP contribution is -2.29. The third-order valence-corrected chi connectivity index (χ3v) is 3.11. The molecule has 1 fully saturated rings. The van der Waals surface area contributed by atoms with Gasteiger partial charge in [0.05, 0.1) is 6.04 Å². The van der Waals surface area contributed by atoms with Crippen molar-refractivity contribution in [3.8, 4) is 0 Å². The molecule has 4 nitrogen and oxygen atoms in total. The molecule has 1 aromatic rings. The Morgan fingerprint density at radius 2 is 2.20 bits per heavy atom. The molecule has 1 saturated carbocycles. The first kappa shape index (κ1) is 10.6. The summed E-state index contributed by atoms with van der Waals surface area (Å²) in [7, 11) is 0. The maximum absolute atomic E-state index is 4.44. The molecule has 4 heteroatoms. The molecule has 2 rings (SSSR count). The molecule has 1 aliphatic carbocycles. The maximum atomic E-state index is 4.44.